The molecule has 1 unspecified atom stereocenters. The summed E-state index contributed by atoms with van der Waals surface area (Å²) < 4.78 is 15.6. The molecule has 0 radical (unpaired) electrons. The van der Waals surface area contributed by atoms with Crippen molar-refractivity contribution in [1.82, 2.24) is 9.78 Å². The molecule has 204 valence electrons. The van der Waals surface area contributed by atoms with E-state index in [4.69, 9.17) is 5.10 Å². The summed E-state index contributed by atoms with van der Waals surface area (Å²) in [6.07, 6.45) is 0. The van der Waals surface area contributed by atoms with Crippen molar-refractivity contribution in [3.63, 3.8) is 0 Å². The normalized spacial score (nSPS) is 14.8. The number of thioether (sulfide) groups is 1. The molecular formula is C33H27FN4O2S. The number of carbonyl (C=O) groups excluding carboxylic acids is 2. The number of hydrogen-bond acceptors (Lipinski definition) is 4. The van der Waals surface area contributed by atoms with Crippen molar-refractivity contribution >= 4 is 35.1 Å². The summed E-state index contributed by atoms with van der Waals surface area (Å²) >= 11 is 1.52. The topological polar surface area (TPSA) is 67.2 Å². The number of aromatic nitrogens is 2. The van der Waals surface area contributed by atoms with Gasteiger partial charge in [0.1, 0.15) is 18.2 Å². The molecular weight excluding hydrogens is 535 g/mol. The largest absolute Gasteiger partial charge is 0.325 e. The van der Waals surface area contributed by atoms with Gasteiger partial charge in [0.15, 0.2) is 0 Å². The van der Waals surface area contributed by atoms with Crippen LogP contribution in [-0.2, 0) is 9.59 Å². The van der Waals surface area contributed by atoms with Crippen LogP contribution in [0.5, 0.6) is 0 Å². The van der Waals surface area contributed by atoms with Gasteiger partial charge in [-0.3, -0.25) is 14.5 Å². The molecule has 6 rings (SSSR count). The molecule has 0 saturated heterocycles. The summed E-state index contributed by atoms with van der Waals surface area (Å²) in [7, 11) is 0. The van der Waals surface area contributed by atoms with E-state index >= 15 is 0 Å². The molecule has 1 aliphatic rings. The summed E-state index contributed by atoms with van der Waals surface area (Å²) in [6, 6.07) is 33.0. The van der Waals surface area contributed by atoms with Crippen molar-refractivity contribution in [3.05, 3.63) is 132 Å². The number of aryl methyl sites for hydroxylation is 1. The van der Waals surface area contributed by atoms with Crippen molar-refractivity contribution in [3.8, 4) is 16.9 Å². The van der Waals surface area contributed by atoms with E-state index in [0.29, 0.717) is 22.9 Å². The van der Waals surface area contributed by atoms with Gasteiger partial charge in [-0.1, -0.05) is 72.8 Å². The smallest absolute Gasteiger partial charge is 0.244 e. The third-order valence-corrected chi connectivity index (χ3v) is 8.27. The Morgan fingerprint density at radius 1 is 0.927 bits per heavy atom. The van der Waals surface area contributed by atoms with E-state index in [9.17, 15) is 14.0 Å². The number of halogens is 1. The van der Waals surface area contributed by atoms with Gasteiger partial charge in [0.05, 0.1) is 22.4 Å². The second-order valence-corrected chi connectivity index (χ2v) is 10.9. The number of benzene rings is 4. The maximum atomic E-state index is 14.0. The molecule has 41 heavy (non-hydrogen) atoms. The van der Waals surface area contributed by atoms with Gasteiger partial charge in [0.25, 0.3) is 0 Å². The molecule has 2 heterocycles. The molecule has 1 aliphatic heterocycles. The van der Waals surface area contributed by atoms with Gasteiger partial charge in [0, 0.05) is 16.8 Å². The van der Waals surface area contributed by atoms with Crippen LogP contribution in [-0.4, -0.2) is 33.9 Å². The number of nitrogens with zero attached hydrogens (tertiary/aromatic N) is 3. The summed E-state index contributed by atoms with van der Waals surface area (Å²) in [6.45, 7) is 1.85. The lowest BCUT2D eigenvalue weighted by molar-refractivity contribution is -0.120. The molecule has 1 aromatic heterocycles. The van der Waals surface area contributed by atoms with Gasteiger partial charge in [-0.25, -0.2) is 9.07 Å². The molecule has 6 nitrogen and oxygen atoms in total. The molecule has 0 bridgehead atoms. The second-order valence-electron chi connectivity index (χ2n) is 9.78. The van der Waals surface area contributed by atoms with E-state index < -0.39 is 0 Å². The molecule has 0 aliphatic carbocycles. The predicted molar refractivity (Wildman–Crippen MR) is 162 cm³/mol. The van der Waals surface area contributed by atoms with Gasteiger partial charge in [-0.15, -0.1) is 11.8 Å². The average Bonchev–Trinajstić information content (AvgIpc) is 3.32. The molecule has 0 fully saturated rings. The molecule has 0 saturated carbocycles. The summed E-state index contributed by atoms with van der Waals surface area (Å²) in [5.74, 6) is -0.244. The fourth-order valence-electron chi connectivity index (χ4n) is 5.08. The van der Waals surface area contributed by atoms with E-state index in [0.717, 1.165) is 22.3 Å². The number of anilines is 2. The van der Waals surface area contributed by atoms with Gasteiger partial charge in [-0.2, -0.15) is 5.10 Å². The zero-order valence-electron chi connectivity index (χ0n) is 22.3. The summed E-state index contributed by atoms with van der Waals surface area (Å²) in [4.78, 5) is 28.7. The Balaban J connectivity index is 1.57. The molecule has 8 heteroatoms. The first-order chi connectivity index (χ1) is 20.0. The Labute approximate surface area is 241 Å². The minimum absolute atomic E-state index is 0.171. The summed E-state index contributed by atoms with van der Waals surface area (Å²) in [5.41, 5.74) is 5.80. The molecule has 1 atom stereocenters. The highest BCUT2D eigenvalue weighted by Crippen LogP contribution is 2.49. The lowest BCUT2D eigenvalue weighted by Crippen LogP contribution is -2.40. The van der Waals surface area contributed by atoms with Gasteiger partial charge in [0.2, 0.25) is 11.8 Å². The van der Waals surface area contributed by atoms with Crippen molar-refractivity contribution < 1.29 is 14.0 Å². The number of amides is 2. The van der Waals surface area contributed by atoms with Gasteiger partial charge in [-0.05, 0) is 54.4 Å². The van der Waals surface area contributed by atoms with Crippen LogP contribution < -0.4 is 10.2 Å². The highest BCUT2D eigenvalue weighted by atomic mass is 32.2. The van der Waals surface area contributed by atoms with Crippen LogP contribution in [0, 0.1) is 12.7 Å². The SMILES string of the molecule is Cc1ccccc1C1SCC(=O)N(CC(=O)Nc2ccccc2)c2c1c(-c1ccccc1)nn2-c1ccc(F)cc1. The third-order valence-electron chi connectivity index (χ3n) is 7.04. The Morgan fingerprint density at radius 3 is 2.29 bits per heavy atom. The first kappa shape index (κ1) is 26.5. The lowest BCUT2D eigenvalue weighted by atomic mass is 9.97. The van der Waals surface area contributed by atoms with Crippen molar-refractivity contribution in [1.29, 1.82) is 0 Å². The molecule has 1 N–H and O–H groups in total. The first-order valence-corrected chi connectivity index (χ1v) is 14.3. The predicted octanol–water partition coefficient (Wildman–Crippen LogP) is 6.79. The second kappa shape index (κ2) is 11.4. The van der Waals surface area contributed by atoms with E-state index in [1.54, 1.807) is 28.9 Å². The Morgan fingerprint density at radius 2 is 1.59 bits per heavy atom. The van der Waals surface area contributed by atoms with Crippen LogP contribution >= 0.6 is 11.8 Å². The van der Waals surface area contributed by atoms with Crippen molar-refractivity contribution in [2.75, 3.05) is 22.5 Å². The fourth-order valence-corrected chi connectivity index (χ4v) is 6.38. The monoisotopic (exact) mass is 562 g/mol. The van der Waals surface area contributed by atoms with Crippen LogP contribution in [0.15, 0.2) is 109 Å². The molecule has 4 aromatic carbocycles. The number of para-hydroxylation sites is 1. The van der Waals surface area contributed by atoms with E-state index in [2.05, 4.69) is 24.4 Å². The molecule has 5 aromatic rings. The summed E-state index contributed by atoms with van der Waals surface area (Å²) in [5, 5.41) is 7.71. The number of nitrogens with one attached hydrogen (secondary N) is 1. The quantitative estimate of drug-likeness (QED) is 0.247. The standard InChI is InChI=1S/C33H27FN4O2S/c1-22-10-8-9-15-27(22)32-30-31(23-11-4-2-5-12-23)36-38(26-18-16-24(34)17-19-26)33(30)37(29(40)21-41-32)20-28(39)35-25-13-6-3-7-14-25/h2-19,32H,20-21H2,1H3,(H,35,39). The number of hydrogen-bond donors (Lipinski definition) is 1. The van der Waals surface area contributed by atoms with Crippen LogP contribution in [0.4, 0.5) is 15.9 Å². The highest BCUT2D eigenvalue weighted by molar-refractivity contribution is 8.00. The minimum Gasteiger partial charge on any atom is -0.325 e. The Bertz CT molecular complexity index is 1710. The van der Waals surface area contributed by atoms with Crippen LogP contribution in [0.2, 0.25) is 0 Å². The highest BCUT2D eigenvalue weighted by Gasteiger charge is 2.38. The molecule has 0 spiro atoms. The number of fused-ring (bicyclic) bond motifs is 1. The average molecular weight is 563 g/mol. The van der Waals surface area contributed by atoms with Crippen molar-refractivity contribution in [2.45, 2.75) is 12.2 Å². The van der Waals surface area contributed by atoms with Gasteiger partial charge < -0.3 is 5.32 Å². The van der Waals surface area contributed by atoms with E-state index in [1.807, 2.05) is 60.7 Å². The fraction of sp³-hybridized carbons (Fsp3) is 0.121. The van der Waals surface area contributed by atoms with Crippen LogP contribution in [0.3, 0.4) is 0 Å². The maximum Gasteiger partial charge on any atom is 0.244 e. The maximum absolute atomic E-state index is 14.0. The van der Waals surface area contributed by atoms with E-state index in [1.165, 1.54) is 28.8 Å². The molecule has 2 amide bonds. The number of rotatable bonds is 6. The van der Waals surface area contributed by atoms with Crippen molar-refractivity contribution in [2.24, 2.45) is 0 Å². The Kier molecular flexibility index (Phi) is 7.39. The van der Waals surface area contributed by atoms with Crippen LogP contribution in [0.1, 0.15) is 21.9 Å². The lowest BCUT2D eigenvalue weighted by Gasteiger charge is -2.23. The minimum atomic E-state index is -0.376. The van der Waals surface area contributed by atoms with Gasteiger partial charge >= 0.3 is 0 Å². The zero-order valence-corrected chi connectivity index (χ0v) is 23.1. The van der Waals surface area contributed by atoms with Crippen LogP contribution in [0.25, 0.3) is 16.9 Å². The van der Waals surface area contributed by atoms with E-state index in [-0.39, 0.29) is 35.2 Å². The number of carbonyl (C=O) groups is 2. The Hall–Kier alpha value is -4.69. The first-order valence-electron chi connectivity index (χ1n) is 13.3. The zero-order chi connectivity index (χ0) is 28.3. The third kappa shape index (κ3) is 5.38.